The van der Waals surface area contributed by atoms with E-state index in [0.717, 1.165) is 6.07 Å². The molecule has 0 bridgehead atoms. The Balaban J connectivity index is 1.44. The molecule has 4 N–H and O–H groups in total. The van der Waals surface area contributed by atoms with Gasteiger partial charge in [-0.25, -0.2) is 0 Å². The highest BCUT2D eigenvalue weighted by atomic mass is 35.5. The number of hydrogen-bond acceptors (Lipinski definition) is 7. The summed E-state index contributed by atoms with van der Waals surface area (Å²) in [6.45, 7) is 0.0252. The summed E-state index contributed by atoms with van der Waals surface area (Å²) in [6, 6.07) is 5.90. The second kappa shape index (κ2) is 11.0. The SMILES string of the molecule is O=C(N[C@@]1(C(=O)NCc2ncc(Nc3ccc(Cl)cc3C(F)(F)F)cc2Cl)CCOC1)c1cncc(O)c1. The number of aromatic hydroxyl groups is 1. The molecule has 1 aliphatic heterocycles. The van der Waals surface area contributed by atoms with Gasteiger partial charge in [-0.15, -0.1) is 0 Å². The number of halogens is 5. The number of carbonyl (C=O) groups is 2. The Bertz CT molecular complexity index is 1370. The second-order valence-electron chi connectivity index (χ2n) is 8.42. The lowest BCUT2D eigenvalue weighted by atomic mass is 9.96. The van der Waals surface area contributed by atoms with Gasteiger partial charge in [0.15, 0.2) is 0 Å². The minimum absolute atomic E-state index is 0.0613. The summed E-state index contributed by atoms with van der Waals surface area (Å²) in [5, 5.41) is 17.5. The molecule has 0 spiro atoms. The van der Waals surface area contributed by atoms with E-state index < -0.39 is 29.1 Å². The van der Waals surface area contributed by atoms with Crippen LogP contribution in [0, 0.1) is 0 Å². The van der Waals surface area contributed by atoms with Crippen LogP contribution < -0.4 is 16.0 Å². The first-order chi connectivity index (χ1) is 18.0. The van der Waals surface area contributed by atoms with E-state index in [0.29, 0.717) is 0 Å². The normalized spacial score (nSPS) is 17.2. The van der Waals surface area contributed by atoms with Gasteiger partial charge >= 0.3 is 6.18 Å². The fourth-order valence-corrected chi connectivity index (χ4v) is 4.16. The van der Waals surface area contributed by atoms with E-state index in [-0.39, 0.29) is 64.6 Å². The van der Waals surface area contributed by atoms with Crippen molar-refractivity contribution in [2.24, 2.45) is 0 Å². The zero-order chi connectivity index (χ0) is 27.5. The smallest absolute Gasteiger partial charge is 0.418 e. The number of anilines is 2. The predicted molar refractivity (Wildman–Crippen MR) is 132 cm³/mol. The van der Waals surface area contributed by atoms with Crippen LogP contribution in [0.5, 0.6) is 5.75 Å². The van der Waals surface area contributed by atoms with Gasteiger partial charge in [0.1, 0.15) is 11.3 Å². The largest absolute Gasteiger partial charge is 0.506 e. The van der Waals surface area contributed by atoms with Crippen LogP contribution in [0.25, 0.3) is 0 Å². The third-order valence-corrected chi connectivity index (χ3v) is 6.26. The number of hydrogen-bond donors (Lipinski definition) is 4. The lowest BCUT2D eigenvalue weighted by Gasteiger charge is -2.27. The molecule has 0 saturated carbocycles. The number of alkyl halides is 3. The van der Waals surface area contributed by atoms with Gasteiger partial charge in [0.05, 0.1) is 58.8 Å². The van der Waals surface area contributed by atoms with Crippen LogP contribution in [0.3, 0.4) is 0 Å². The molecular formula is C24H20Cl2F3N5O4. The first-order valence-corrected chi connectivity index (χ1v) is 11.8. The van der Waals surface area contributed by atoms with Gasteiger partial charge in [0, 0.05) is 24.2 Å². The molecule has 38 heavy (non-hydrogen) atoms. The molecule has 1 saturated heterocycles. The van der Waals surface area contributed by atoms with E-state index >= 15 is 0 Å². The van der Waals surface area contributed by atoms with Crippen LogP contribution in [-0.2, 0) is 22.3 Å². The minimum atomic E-state index is -4.64. The molecule has 1 atom stereocenters. The Morgan fingerprint density at radius 2 is 1.92 bits per heavy atom. The van der Waals surface area contributed by atoms with Crippen LogP contribution in [0.15, 0.2) is 48.9 Å². The summed E-state index contributed by atoms with van der Waals surface area (Å²) in [7, 11) is 0. The highest BCUT2D eigenvalue weighted by molar-refractivity contribution is 6.31. The summed E-state index contributed by atoms with van der Waals surface area (Å²) in [6.07, 6.45) is -0.754. The molecule has 0 unspecified atom stereocenters. The molecule has 2 amide bonds. The van der Waals surface area contributed by atoms with Crippen LogP contribution in [0.1, 0.15) is 28.0 Å². The van der Waals surface area contributed by atoms with Gasteiger partial charge in [-0.2, -0.15) is 13.2 Å². The topological polar surface area (TPSA) is 125 Å². The monoisotopic (exact) mass is 569 g/mol. The maximum atomic E-state index is 13.4. The molecule has 3 heterocycles. The van der Waals surface area contributed by atoms with Crippen molar-refractivity contribution in [2.45, 2.75) is 24.7 Å². The summed E-state index contributed by atoms with van der Waals surface area (Å²) in [5.41, 5.74) is -2.07. The summed E-state index contributed by atoms with van der Waals surface area (Å²) in [5.74, 6) is -1.38. The highest BCUT2D eigenvalue weighted by Crippen LogP contribution is 2.38. The molecule has 0 radical (unpaired) electrons. The summed E-state index contributed by atoms with van der Waals surface area (Å²) >= 11 is 12.0. The van der Waals surface area contributed by atoms with Crippen molar-refractivity contribution in [3.63, 3.8) is 0 Å². The fourth-order valence-electron chi connectivity index (χ4n) is 3.75. The van der Waals surface area contributed by atoms with Gasteiger partial charge < -0.3 is 25.8 Å². The molecule has 1 fully saturated rings. The number of aromatic nitrogens is 2. The van der Waals surface area contributed by atoms with Crippen molar-refractivity contribution in [1.29, 1.82) is 0 Å². The lowest BCUT2D eigenvalue weighted by molar-refractivity contribution is -0.137. The molecule has 9 nitrogen and oxygen atoms in total. The molecular weight excluding hydrogens is 550 g/mol. The molecule has 3 aromatic rings. The van der Waals surface area contributed by atoms with E-state index in [1.807, 2.05) is 0 Å². The number of pyridine rings is 2. The van der Waals surface area contributed by atoms with Crippen molar-refractivity contribution < 1.29 is 32.6 Å². The average Bonchev–Trinajstić information content (AvgIpc) is 3.33. The van der Waals surface area contributed by atoms with Crippen LogP contribution in [-0.4, -0.2) is 45.6 Å². The van der Waals surface area contributed by atoms with Crippen molar-refractivity contribution >= 4 is 46.4 Å². The lowest BCUT2D eigenvalue weighted by Crippen LogP contribution is -2.59. The quantitative estimate of drug-likeness (QED) is 0.331. The van der Waals surface area contributed by atoms with Crippen molar-refractivity contribution in [3.8, 4) is 5.75 Å². The van der Waals surface area contributed by atoms with Gasteiger partial charge in [0.2, 0.25) is 5.91 Å². The Morgan fingerprint density at radius 3 is 2.58 bits per heavy atom. The number of ether oxygens (including phenoxy) is 1. The molecule has 200 valence electrons. The van der Waals surface area contributed by atoms with E-state index in [4.69, 9.17) is 27.9 Å². The maximum absolute atomic E-state index is 13.4. The number of nitrogens with one attached hydrogen (secondary N) is 3. The molecule has 4 rings (SSSR count). The van der Waals surface area contributed by atoms with Crippen LogP contribution >= 0.6 is 23.2 Å². The summed E-state index contributed by atoms with van der Waals surface area (Å²) < 4.78 is 45.5. The molecule has 14 heteroatoms. The zero-order valence-corrected chi connectivity index (χ0v) is 20.9. The van der Waals surface area contributed by atoms with Crippen molar-refractivity contribution in [3.05, 3.63) is 75.8 Å². The third-order valence-electron chi connectivity index (χ3n) is 5.69. The van der Waals surface area contributed by atoms with Crippen molar-refractivity contribution in [2.75, 3.05) is 18.5 Å². The van der Waals surface area contributed by atoms with Gasteiger partial charge in [-0.1, -0.05) is 23.2 Å². The fraction of sp³-hybridized carbons (Fsp3) is 0.250. The Morgan fingerprint density at radius 1 is 1.13 bits per heavy atom. The van der Waals surface area contributed by atoms with Crippen LogP contribution in [0.4, 0.5) is 24.5 Å². The van der Waals surface area contributed by atoms with E-state index in [2.05, 4.69) is 25.9 Å². The summed E-state index contributed by atoms with van der Waals surface area (Å²) in [4.78, 5) is 33.7. The molecule has 1 aromatic carbocycles. The Labute approximate surface area is 224 Å². The molecule has 2 aromatic heterocycles. The van der Waals surface area contributed by atoms with E-state index in [1.165, 1.54) is 42.9 Å². The number of carbonyl (C=O) groups excluding carboxylic acids is 2. The predicted octanol–water partition coefficient (Wildman–Crippen LogP) is 4.46. The standard InChI is InChI=1S/C24H20Cl2F3N5O4/c25-14-1-2-19(17(6-14)24(27,28)29)33-15-7-18(26)20(31-9-15)11-32-22(37)23(3-4-38-12-23)34-21(36)13-5-16(35)10-30-8-13/h1-2,5-10,33,35H,3-4,11-12H2,(H,32,37)(H,34,36)/t23-/m0/s1. The molecule has 1 aliphatic rings. The van der Waals surface area contributed by atoms with Crippen molar-refractivity contribution in [1.82, 2.24) is 20.6 Å². The number of amides is 2. The number of rotatable bonds is 7. The van der Waals surface area contributed by atoms with E-state index in [9.17, 15) is 27.9 Å². The van der Waals surface area contributed by atoms with Crippen LogP contribution in [0.2, 0.25) is 10.0 Å². The number of benzene rings is 1. The van der Waals surface area contributed by atoms with Gasteiger partial charge in [-0.05, 0) is 30.3 Å². The third kappa shape index (κ3) is 6.26. The second-order valence-corrected chi connectivity index (χ2v) is 9.26. The Kier molecular flexibility index (Phi) is 7.95. The minimum Gasteiger partial charge on any atom is -0.506 e. The molecule has 0 aliphatic carbocycles. The van der Waals surface area contributed by atoms with Gasteiger partial charge in [0.25, 0.3) is 5.91 Å². The van der Waals surface area contributed by atoms with E-state index in [1.54, 1.807) is 0 Å². The zero-order valence-electron chi connectivity index (χ0n) is 19.4. The first-order valence-electron chi connectivity index (χ1n) is 11.1. The first kappa shape index (κ1) is 27.4. The highest BCUT2D eigenvalue weighted by Gasteiger charge is 2.44. The number of nitrogens with zero attached hydrogens (tertiary/aromatic N) is 2. The average molecular weight is 570 g/mol. The Hall–Kier alpha value is -3.61. The maximum Gasteiger partial charge on any atom is 0.418 e. The van der Waals surface area contributed by atoms with Gasteiger partial charge in [-0.3, -0.25) is 19.6 Å².